The van der Waals surface area contributed by atoms with Gasteiger partial charge in [0.1, 0.15) is 0 Å². The van der Waals surface area contributed by atoms with E-state index in [0.717, 1.165) is 32.2 Å². The van der Waals surface area contributed by atoms with E-state index < -0.39 is 5.82 Å². The first-order valence-electron chi connectivity index (χ1n) is 12.3. The summed E-state index contributed by atoms with van der Waals surface area (Å²) in [5, 5.41) is 13.7. The summed E-state index contributed by atoms with van der Waals surface area (Å²) in [6, 6.07) is 5.69. The third-order valence-electron chi connectivity index (χ3n) is 6.57. The fourth-order valence-electron chi connectivity index (χ4n) is 4.75. The smallest absolute Gasteiger partial charge is 0.233 e. The van der Waals surface area contributed by atoms with Gasteiger partial charge in [0.15, 0.2) is 11.6 Å². The zero-order chi connectivity index (χ0) is 23.0. The molecule has 1 saturated heterocycles. The number of ether oxygens (including phenoxy) is 1. The number of nitrogens with one attached hydrogen (secondary N) is 4. The zero-order valence-electron chi connectivity index (χ0n) is 19.7. The topological polar surface area (TPSA) is 96.0 Å². The molecule has 2 unspecified atom stereocenters. The lowest BCUT2D eigenvalue weighted by Gasteiger charge is -2.24. The lowest BCUT2D eigenvalue weighted by molar-refractivity contribution is 0.386. The molecule has 4 rings (SSSR count). The Morgan fingerprint density at radius 3 is 2.45 bits per heavy atom. The predicted molar refractivity (Wildman–Crippen MR) is 130 cm³/mol. The summed E-state index contributed by atoms with van der Waals surface area (Å²) in [7, 11) is 1.45. The van der Waals surface area contributed by atoms with Crippen LogP contribution in [0, 0.1) is 5.82 Å². The van der Waals surface area contributed by atoms with E-state index >= 15 is 0 Å². The quantitative estimate of drug-likeness (QED) is 0.397. The standard InChI is InChI=1S/C24H36FN7O/c1-3-19(20-11-8-14-26-20)29-24-31-22(27-16-9-6-4-5-7-10-16)30-23(32-24)28-17-12-13-21(33-2)18(25)15-17/h12-13,15-16,19-20,26H,3-11,14H2,1-2H3,(H3,27,28,29,30,31,32). The highest BCUT2D eigenvalue weighted by Crippen LogP contribution is 2.25. The minimum absolute atomic E-state index is 0.198. The summed E-state index contributed by atoms with van der Waals surface area (Å²) in [5.41, 5.74) is 0.551. The first-order chi connectivity index (χ1) is 16.1. The zero-order valence-corrected chi connectivity index (χ0v) is 19.7. The summed E-state index contributed by atoms with van der Waals surface area (Å²) < 4.78 is 19.2. The number of rotatable bonds is 9. The molecule has 0 radical (unpaired) electrons. The molecule has 2 aliphatic rings. The summed E-state index contributed by atoms with van der Waals surface area (Å²) in [6.07, 6.45) is 10.5. The molecular weight excluding hydrogens is 421 g/mol. The second-order valence-electron chi connectivity index (χ2n) is 8.98. The van der Waals surface area contributed by atoms with Gasteiger partial charge in [-0.1, -0.05) is 32.6 Å². The van der Waals surface area contributed by atoms with Gasteiger partial charge in [0, 0.05) is 29.9 Å². The maximum Gasteiger partial charge on any atom is 0.233 e. The minimum atomic E-state index is -0.440. The fraction of sp³-hybridized carbons (Fsp3) is 0.625. The Hall–Kier alpha value is -2.68. The van der Waals surface area contributed by atoms with Crippen LogP contribution >= 0.6 is 0 Å². The van der Waals surface area contributed by atoms with Crippen LogP contribution in [0.2, 0.25) is 0 Å². The molecule has 9 heteroatoms. The summed E-state index contributed by atoms with van der Waals surface area (Å²) in [6.45, 7) is 3.22. The van der Waals surface area contributed by atoms with Crippen LogP contribution in [0.1, 0.15) is 64.7 Å². The maximum atomic E-state index is 14.2. The van der Waals surface area contributed by atoms with Gasteiger partial charge in [-0.15, -0.1) is 0 Å². The molecular formula is C24H36FN7O. The van der Waals surface area contributed by atoms with Gasteiger partial charge in [0.2, 0.25) is 17.8 Å². The van der Waals surface area contributed by atoms with Gasteiger partial charge in [0.25, 0.3) is 0 Å². The van der Waals surface area contributed by atoms with Gasteiger partial charge in [-0.05, 0) is 50.8 Å². The maximum absolute atomic E-state index is 14.2. The molecule has 4 N–H and O–H groups in total. The van der Waals surface area contributed by atoms with Gasteiger partial charge in [-0.25, -0.2) is 4.39 Å². The molecule has 2 aromatic rings. The van der Waals surface area contributed by atoms with Crippen molar-refractivity contribution < 1.29 is 9.13 Å². The number of methoxy groups -OCH3 is 1. The Morgan fingerprint density at radius 2 is 1.79 bits per heavy atom. The van der Waals surface area contributed by atoms with E-state index in [1.54, 1.807) is 12.1 Å². The SMILES string of the molecule is CCC(Nc1nc(Nc2ccc(OC)c(F)c2)nc(NC2CCCCCC2)n1)C1CCCN1. The molecule has 2 heterocycles. The van der Waals surface area contributed by atoms with E-state index in [-0.39, 0.29) is 11.8 Å². The molecule has 180 valence electrons. The Bertz CT molecular complexity index is 898. The van der Waals surface area contributed by atoms with Gasteiger partial charge in [-0.2, -0.15) is 15.0 Å². The Kier molecular flexibility index (Phi) is 8.15. The molecule has 8 nitrogen and oxygen atoms in total. The lowest BCUT2D eigenvalue weighted by Crippen LogP contribution is -2.40. The highest BCUT2D eigenvalue weighted by molar-refractivity contribution is 5.57. The average Bonchev–Trinajstić information content (AvgIpc) is 3.22. The van der Waals surface area contributed by atoms with Gasteiger partial charge >= 0.3 is 0 Å². The molecule has 1 aliphatic carbocycles. The molecule has 1 aliphatic heterocycles. The van der Waals surface area contributed by atoms with Crippen molar-refractivity contribution in [2.75, 3.05) is 29.6 Å². The van der Waals surface area contributed by atoms with Crippen molar-refractivity contribution in [1.82, 2.24) is 20.3 Å². The van der Waals surface area contributed by atoms with E-state index in [2.05, 4.69) is 38.2 Å². The van der Waals surface area contributed by atoms with Crippen LogP contribution in [0.4, 0.5) is 27.9 Å². The van der Waals surface area contributed by atoms with E-state index in [1.165, 1.54) is 45.3 Å². The number of anilines is 4. The minimum Gasteiger partial charge on any atom is -0.494 e. The van der Waals surface area contributed by atoms with E-state index in [4.69, 9.17) is 9.72 Å². The molecule has 0 amide bonds. The molecule has 0 spiro atoms. The Labute approximate surface area is 195 Å². The van der Waals surface area contributed by atoms with Crippen molar-refractivity contribution in [1.29, 1.82) is 0 Å². The van der Waals surface area contributed by atoms with Crippen LogP contribution < -0.4 is 26.0 Å². The first-order valence-corrected chi connectivity index (χ1v) is 12.3. The van der Waals surface area contributed by atoms with Crippen molar-refractivity contribution in [2.45, 2.75) is 82.8 Å². The van der Waals surface area contributed by atoms with Gasteiger partial charge in [0.05, 0.1) is 7.11 Å². The second kappa shape index (κ2) is 11.4. The van der Waals surface area contributed by atoms with E-state index in [0.29, 0.717) is 35.6 Å². The normalized spacial score (nSPS) is 20.2. The first kappa shape index (κ1) is 23.5. The monoisotopic (exact) mass is 457 g/mol. The van der Waals surface area contributed by atoms with Crippen LogP contribution in [-0.2, 0) is 0 Å². The third-order valence-corrected chi connectivity index (χ3v) is 6.57. The van der Waals surface area contributed by atoms with Crippen molar-refractivity contribution in [3.63, 3.8) is 0 Å². The molecule has 1 aromatic heterocycles. The van der Waals surface area contributed by atoms with Gasteiger partial charge < -0.3 is 26.0 Å². The number of benzene rings is 1. The Morgan fingerprint density at radius 1 is 1.03 bits per heavy atom. The fourth-order valence-corrected chi connectivity index (χ4v) is 4.75. The van der Waals surface area contributed by atoms with Crippen molar-refractivity contribution in [2.24, 2.45) is 0 Å². The van der Waals surface area contributed by atoms with Crippen LogP contribution in [-0.4, -0.2) is 46.7 Å². The number of hydrogen-bond donors (Lipinski definition) is 4. The largest absolute Gasteiger partial charge is 0.494 e. The summed E-state index contributed by atoms with van der Waals surface area (Å²) in [4.78, 5) is 13.9. The lowest BCUT2D eigenvalue weighted by atomic mass is 10.0. The molecule has 33 heavy (non-hydrogen) atoms. The van der Waals surface area contributed by atoms with E-state index in [1.807, 2.05) is 0 Å². The molecule has 1 saturated carbocycles. The average molecular weight is 458 g/mol. The number of aromatic nitrogens is 3. The highest BCUT2D eigenvalue weighted by Gasteiger charge is 2.24. The number of nitrogens with zero attached hydrogens (tertiary/aromatic N) is 3. The van der Waals surface area contributed by atoms with Crippen LogP contribution in [0.3, 0.4) is 0 Å². The van der Waals surface area contributed by atoms with Crippen molar-refractivity contribution in [3.05, 3.63) is 24.0 Å². The van der Waals surface area contributed by atoms with E-state index in [9.17, 15) is 4.39 Å². The molecule has 2 atom stereocenters. The van der Waals surface area contributed by atoms with Crippen molar-refractivity contribution in [3.8, 4) is 5.75 Å². The molecule has 2 fully saturated rings. The highest BCUT2D eigenvalue weighted by atomic mass is 19.1. The number of hydrogen-bond acceptors (Lipinski definition) is 8. The van der Waals surface area contributed by atoms with Crippen molar-refractivity contribution >= 4 is 23.5 Å². The van der Waals surface area contributed by atoms with Gasteiger partial charge in [-0.3, -0.25) is 0 Å². The van der Waals surface area contributed by atoms with Crippen LogP contribution in [0.5, 0.6) is 5.75 Å². The molecule has 0 bridgehead atoms. The Balaban J connectivity index is 1.56. The van der Waals surface area contributed by atoms with Crippen LogP contribution in [0.25, 0.3) is 0 Å². The number of halogens is 1. The third kappa shape index (κ3) is 6.43. The second-order valence-corrected chi connectivity index (χ2v) is 8.98. The predicted octanol–water partition coefficient (Wildman–Crippen LogP) is 4.84. The molecule has 1 aromatic carbocycles. The summed E-state index contributed by atoms with van der Waals surface area (Å²) >= 11 is 0. The van der Waals surface area contributed by atoms with Crippen LogP contribution in [0.15, 0.2) is 18.2 Å². The summed E-state index contributed by atoms with van der Waals surface area (Å²) in [5.74, 6) is 1.21.